The molecule has 2 aromatic rings. The molecule has 1 aliphatic rings. The Bertz CT molecular complexity index is 702. The third kappa shape index (κ3) is 3.11. The quantitative estimate of drug-likeness (QED) is 0.883. The molecule has 1 aliphatic carbocycles. The summed E-state index contributed by atoms with van der Waals surface area (Å²) in [6, 6.07) is 7.84. The molecule has 122 valence electrons. The molecule has 0 aliphatic heterocycles. The van der Waals surface area contributed by atoms with E-state index in [0.29, 0.717) is 6.54 Å². The molecule has 0 spiro atoms. The first-order chi connectivity index (χ1) is 11.1. The molecule has 1 aromatic carbocycles. The van der Waals surface area contributed by atoms with Gasteiger partial charge in [0.1, 0.15) is 5.75 Å². The Morgan fingerprint density at radius 2 is 2.04 bits per heavy atom. The zero-order valence-electron chi connectivity index (χ0n) is 13.8. The van der Waals surface area contributed by atoms with Gasteiger partial charge in [0.2, 0.25) is 5.91 Å². The molecule has 23 heavy (non-hydrogen) atoms. The molecule has 0 radical (unpaired) electrons. The summed E-state index contributed by atoms with van der Waals surface area (Å²) >= 11 is 1.67. The number of amides is 1. The van der Waals surface area contributed by atoms with Crippen molar-refractivity contribution < 1.29 is 9.53 Å². The summed E-state index contributed by atoms with van der Waals surface area (Å²) < 4.78 is 5.19. The maximum Gasteiger partial charge on any atom is 0.230 e. The molecule has 1 fully saturated rings. The zero-order valence-corrected chi connectivity index (χ0v) is 14.6. The van der Waals surface area contributed by atoms with E-state index >= 15 is 0 Å². The molecule has 1 aromatic heterocycles. The van der Waals surface area contributed by atoms with Gasteiger partial charge in [-0.3, -0.25) is 4.79 Å². The zero-order chi connectivity index (χ0) is 16.4. The van der Waals surface area contributed by atoms with Gasteiger partial charge in [0.05, 0.1) is 29.8 Å². The van der Waals surface area contributed by atoms with Crippen molar-refractivity contribution in [2.45, 2.75) is 45.1 Å². The summed E-state index contributed by atoms with van der Waals surface area (Å²) in [5.74, 6) is 0.938. The minimum Gasteiger partial charge on any atom is -0.497 e. The van der Waals surface area contributed by atoms with E-state index in [9.17, 15) is 4.79 Å². The highest BCUT2D eigenvalue weighted by Crippen LogP contribution is 2.48. The first-order valence-corrected chi connectivity index (χ1v) is 8.78. The Kier molecular flexibility index (Phi) is 4.39. The van der Waals surface area contributed by atoms with Crippen LogP contribution in [0, 0.1) is 6.92 Å². The minimum atomic E-state index is -0.349. The van der Waals surface area contributed by atoms with Gasteiger partial charge in [0.25, 0.3) is 0 Å². The van der Waals surface area contributed by atoms with E-state index in [2.05, 4.69) is 17.2 Å². The fraction of sp³-hybridized carbons (Fsp3) is 0.444. The average Bonchev–Trinajstić information content (AvgIpc) is 3.31. The van der Waals surface area contributed by atoms with Gasteiger partial charge in [-0.2, -0.15) is 0 Å². The largest absolute Gasteiger partial charge is 0.497 e. The highest BCUT2D eigenvalue weighted by Gasteiger charge is 2.51. The summed E-state index contributed by atoms with van der Waals surface area (Å²) in [4.78, 5) is 18.4. The molecule has 4 nitrogen and oxygen atoms in total. The number of hydrogen-bond acceptors (Lipinski definition) is 4. The lowest BCUT2D eigenvalue weighted by atomic mass is 9.95. The van der Waals surface area contributed by atoms with Crippen LogP contribution in [0.15, 0.2) is 24.3 Å². The standard InChI is InChI=1S/C18H22N2O2S/c1-4-15-16(23-12(2)20-15)11-19-17(21)18(9-10-18)13-5-7-14(22-3)8-6-13/h5-8H,4,9-11H2,1-3H3,(H,19,21). The predicted molar refractivity (Wildman–Crippen MR) is 92.0 cm³/mol. The van der Waals surface area contributed by atoms with Crippen LogP contribution in [0.4, 0.5) is 0 Å². The second-order valence-corrected chi connectivity index (χ2v) is 7.24. The molecule has 0 unspecified atom stereocenters. The van der Waals surface area contributed by atoms with Crippen molar-refractivity contribution in [2.75, 3.05) is 7.11 Å². The summed E-state index contributed by atoms with van der Waals surface area (Å²) in [6.07, 6.45) is 2.72. The smallest absolute Gasteiger partial charge is 0.230 e. The molecule has 0 bridgehead atoms. The van der Waals surface area contributed by atoms with E-state index in [1.807, 2.05) is 31.2 Å². The first-order valence-electron chi connectivity index (χ1n) is 7.97. The van der Waals surface area contributed by atoms with Crippen molar-refractivity contribution in [1.29, 1.82) is 0 Å². The van der Waals surface area contributed by atoms with Crippen molar-refractivity contribution in [3.8, 4) is 5.75 Å². The van der Waals surface area contributed by atoms with Crippen LogP contribution in [0.2, 0.25) is 0 Å². The Hall–Kier alpha value is -1.88. The number of methoxy groups -OCH3 is 1. The highest BCUT2D eigenvalue weighted by atomic mass is 32.1. The molecule has 0 saturated heterocycles. The molecular weight excluding hydrogens is 308 g/mol. The molecule has 5 heteroatoms. The van der Waals surface area contributed by atoms with Crippen LogP contribution in [0.5, 0.6) is 5.75 Å². The molecule has 0 atom stereocenters. The first kappa shape index (κ1) is 16.0. The van der Waals surface area contributed by atoms with Crippen molar-refractivity contribution >= 4 is 17.2 Å². The van der Waals surface area contributed by atoms with Crippen LogP contribution < -0.4 is 10.1 Å². The maximum absolute atomic E-state index is 12.7. The topological polar surface area (TPSA) is 51.2 Å². The Labute approximate surface area is 140 Å². The third-order valence-corrected chi connectivity index (χ3v) is 5.47. The number of carbonyl (C=O) groups is 1. The lowest BCUT2D eigenvalue weighted by Crippen LogP contribution is -2.34. The van der Waals surface area contributed by atoms with Crippen LogP contribution in [0.1, 0.15) is 40.9 Å². The number of benzene rings is 1. The van der Waals surface area contributed by atoms with Gasteiger partial charge >= 0.3 is 0 Å². The van der Waals surface area contributed by atoms with Crippen LogP contribution in [0.3, 0.4) is 0 Å². The fourth-order valence-electron chi connectivity index (χ4n) is 2.94. The number of aromatic nitrogens is 1. The summed E-state index contributed by atoms with van der Waals surface area (Å²) in [5, 5.41) is 4.17. The number of carbonyl (C=O) groups excluding carboxylic acids is 1. The van der Waals surface area contributed by atoms with E-state index in [4.69, 9.17) is 4.74 Å². The summed E-state index contributed by atoms with van der Waals surface area (Å²) in [5.41, 5.74) is 1.83. The maximum atomic E-state index is 12.7. The van der Waals surface area contributed by atoms with E-state index in [1.54, 1.807) is 18.4 Å². The van der Waals surface area contributed by atoms with Crippen LogP contribution in [-0.4, -0.2) is 18.0 Å². The molecule has 1 saturated carbocycles. The summed E-state index contributed by atoms with van der Waals surface area (Å²) in [6.45, 7) is 4.68. The average molecular weight is 330 g/mol. The van der Waals surface area contributed by atoms with E-state index in [0.717, 1.165) is 41.3 Å². The monoisotopic (exact) mass is 330 g/mol. The van der Waals surface area contributed by atoms with Crippen molar-refractivity contribution in [3.63, 3.8) is 0 Å². The molecule has 3 rings (SSSR count). The number of thiazole rings is 1. The molecule has 1 heterocycles. The number of hydrogen-bond donors (Lipinski definition) is 1. The number of ether oxygens (including phenoxy) is 1. The predicted octanol–water partition coefficient (Wildman–Crippen LogP) is 3.37. The van der Waals surface area contributed by atoms with Gasteiger partial charge in [0.15, 0.2) is 0 Å². The van der Waals surface area contributed by atoms with Crippen molar-refractivity contribution in [2.24, 2.45) is 0 Å². The lowest BCUT2D eigenvalue weighted by molar-refractivity contribution is -0.123. The number of aryl methyl sites for hydroxylation is 2. The minimum absolute atomic E-state index is 0.121. The number of nitrogens with one attached hydrogen (secondary N) is 1. The number of rotatable bonds is 6. The second kappa shape index (κ2) is 6.32. The summed E-state index contributed by atoms with van der Waals surface area (Å²) in [7, 11) is 1.65. The molecule has 1 amide bonds. The van der Waals surface area contributed by atoms with Crippen LogP contribution in [0.25, 0.3) is 0 Å². The van der Waals surface area contributed by atoms with Gasteiger partial charge in [-0.1, -0.05) is 19.1 Å². The van der Waals surface area contributed by atoms with E-state index < -0.39 is 0 Å². The third-order valence-electron chi connectivity index (χ3n) is 4.46. The SMILES string of the molecule is CCc1nc(C)sc1CNC(=O)C1(c2ccc(OC)cc2)CC1. The lowest BCUT2D eigenvalue weighted by Gasteiger charge is -2.16. The van der Waals surface area contributed by atoms with Gasteiger partial charge in [-0.15, -0.1) is 11.3 Å². The van der Waals surface area contributed by atoms with Gasteiger partial charge in [-0.25, -0.2) is 4.98 Å². The van der Waals surface area contributed by atoms with Crippen molar-refractivity contribution in [3.05, 3.63) is 45.4 Å². The fourth-order valence-corrected chi connectivity index (χ4v) is 3.90. The Morgan fingerprint density at radius 3 is 2.61 bits per heavy atom. The second-order valence-electron chi connectivity index (χ2n) is 5.95. The Balaban J connectivity index is 1.69. The van der Waals surface area contributed by atoms with Gasteiger partial charge < -0.3 is 10.1 Å². The van der Waals surface area contributed by atoms with Crippen molar-refractivity contribution in [1.82, 2.24) is 10.3 Å². The molecular formula is C18H22N2O2S. The van der Waals surface area contributed by atoms with E-state index in [1.165, 1.54) is 4.88 Å². The van der Waals surface area contributed by atoms with Crippen LogP contribution in [-0.2, 0) is 23.2 Å². The van der Waals surface area contributed by atoms with Gasteiger partial charge in [0, 0.05) is 4.88 Å². The molecule has 1 N–H and O–H groups in total. The normalized spacial score (nSPS) is 15.3. The van der Waals surface area contributed by atoms with Gasteiger partial charge in [-0.05, 0) is 43.9 Å². The number of nitrogens with zero attached hydrogens (tertiary/aromatic N) is 1. The highest BCUT2D eigenvalue weighted by molar-refractivity contribution is 7.11. The Morgan fingerprint density at radius 1 is 1.35 bits per heavy atom. The van der Waals surface area contributed by atoms with E-state index in [-0.39, 0.29) is 11.3 Å². The van der Waals surface area contributed by atoms with Crippen LogP contribution >= 0.6 is 11.3 Å².